The molecule has 0 rings (SSSR count). The van der Waals surface area contributed by atoms with E-state index in [0.29, 0.717) is 6.54 Å². The predicted octanol–water partition coefficient (Wildman–Crippen LogP) is 0.267. The van der Waals surface area contributed by atoms with E-state index in [1.54, 1.807) is 0 Å². The van der Waals surface area contributed by atoms with Crippen LogP contribution in [0.4, 0.5) is 0 Å². The molecule has 0 heterocycles. The molecule has 0 spiro atoms. The van der Waals surface area contributed by atoms with Gasteiger partial charge in [0, 0.05) is 12.6 Å². The Bertz CT molecular complexity index is 162. The van der Waals surface area contributed by atoms with Gasteiger partial charge in [-0.15, -0.1) is 0 Å². The first-order valence-corrected chi connectivity index (χ1v) is 4.58. The first-order chi connectivity index (χ1) is 6.08. The molecule has 3 N–H and O–H groups in total. The lowest BCUT2D eigenvalue weighted by atomic mass is 9.94. The minimum absolute atomic E-state index is 0.0831. The second-order valence-electron chi connectivity index (χ2n) is 3.43. The quantitative estimate of drug-likeness (QED) is 0.628. The van der Waals surface area contributed by atoms with Crippen LogP contribution in [0, 0.1) is 0 Å². The minimum Gasteiger partial charge on any atom is -0.375 e. The van der Waals surface area contributed by atoms with Gasteiger partial charge in [-0.1, -0.05) is 6.92 Å². The van der Waals surface area contributed by atoms with Crippen molar-refractivity contribution in [2.24, 2.45) is 5.73 Å². The molecule has 0 aromatic rings. The van der Waals surface area contributed by atoms with E-state index in [0.717, 1.165) is 12.8 Å². The predicted molar refractivity (Wildman–Crippen MR) is 52.4 cm³/mol. The average molecular weight is 188 g/mol. The van der Waals surface area contributed by atoms with Crippen LogP contribution < -0.4 is 11.1 Å². The second-order valence-corrected chi connectivity index (χ2v) is 3.43. The van der Waals surface area contributed by atoms with E-state index in [1.807, 2.05) is 13.8 Å². The smallest absolute Gasteiger partial charge is 0.246 e. The summed E-state index contributed by atoms with van der Waals surface area (Å²) in [7, 11) is 1.51. The van der Waals surface area contributed by atoms with Gasteiger partial charge in [0.05, 0.1) is 0 Å². The van der Waals surface area contributed by atoms with Crippen molar-refractivity contribution in [3.8, 4) is 0 Å². The van der Waals surface area contributed by atoms with Crippen LogP contribution in [-0.4, -0.2) is 31.7 Å². The number of hydrogen-bond acceptors (Lipinski definition) is 3. The zero-order valence-corrected chi connectivity index (χ0v) is 8.72. The maximum atomic E-state index is 11.2. The fourth-order valence-corrected chi connectivity index (χ4v) is 1.15. The number of amides is 1. The molecule has 0 radical (unpaired) electrons. The lowest BCUT2D eigenvalue weighted by Crippen LogP contribution is -2.48. The fraction of sp³-hybridized carbons (Fsp3) is 0.889. The van der Waals surface area contributed by atoms with Crippen LogP contribution >= 0.6 is 0 Å². The first kappa shape index (κ1) is 12.4. The third-order valence-electron chi connectivity index (χ3n) is 2.19. The molecule has 0 aliphatic carbocycles. The minimum atomic E-state index is -0.190. The molecule has 0 aromatic carbocycles. The summed E-state index contributed by atoms with van der Waals surface area (Å²) in [6.45, 7) is 4.72. The number of rotatable bonds is 6. The van der Waals surface area contributed by atoms with Crippen molar-refractivity contribution in [1.29, 1.82) is 0 Å². The summed E-state index contributed by atoms with van der Waals surface area (Å²) >= 11 is 0. The Morgan fingerprint density at radius 3 is 2.62 bits per heavy atom. The van der Waals surface area contributed by atoms with Gasteiger partial charge in [-0.3, -0.25) is 4.79 Å². The Morgan fingerprint density at radius 1 is 1.62 bits per heavy atom. The van der Waals surface area contributed by atoms with Crippen molar-refractivity contribution in [3.63, 3.8) is 0 Å². The van der Waals surface area contributed by atoms with Gasteiger partial charge in [-0.2, -0.15) is 0 Å². The summed E-state index contributed by atoms with van der Waals surface area (Å²) in [5.74, 6) is -0.0831. The molecule has 0 fully saturated rings. The Hall–Kier alpha value is -0.610. The molecule has 4 nitrogen and oxygen atoms in total. The van der Waals surface area contributed by atoms with Gasteiger partial charge in [0.25, 0.3) is 0 Å². The molecule has 4 heteroatoms. The third kappa shape index (κ3) is 4.85. The molecule has 78 valence electrons. The fourth-order valence-electron chi connectivity index (χ4n) is 1.15. The van der Waals surface area contributed by atoms with Gasteiger partial charge in [0.1, 0.15) is 6.61 Å². The van der Waals surface area contributed by atoms with Crippen LogP contribution in [-0.2, 0) is 9.53 Å². The molecule has 0 saturated carbocycles. The summed E-state index contributed by atoms with van der Waals surface area (Å²) in [5, 5.41) is 2.90. The van der Waals surface area contributed by atoms with Crippen LogP contribution in [0.2, 0.25) is 0 Å². The topological polar surface area (TPSA) is 64.3 Å². The molecule has 1 atom stereocenters. The van der Waals surface area contributed by atoms with Gasteiger partial charge >= 0.3 is 0 Å². The van der Waals surface area contributed by atoms with Crippen molar-refractivity contribution >= 4 is 5.91 Å². The monoisotopic (exact) mass is 188 g/mol. The van der Waals surface area contributed by atoms with Crippen molar-refractivity contribution in [2.45, 2.75) is 32.2 Å². The van der Waals surface area contributed by atoms with E-state index in [-0.39, 0.29) is 18.1 Å². The number of carbonyl (C=O) groups excluding carboxylic acids is 1. The number of carbonyl (C=O) groups is 1. The first-order valence-electron chi connectivity index (χ1n) is 4.58. The van der Waals surface area contributed by atoms with Crippen molar-refractivity contribution in [3.05, 3.63) is 0 Å². The van der Waals surface area contributed by atoms with Gasteiger partial charge in [-0.25, -0.2) is 0 Å². The van der Waals surface area contributed by atoms with Crippen LogP contribution in [0.3, 0.4) is 0 Å². The third-order valence-corrected chi connectivity index (χ3v) is 2.19. The second kappa shape index (κ2) is 5.94. The Morgan fingerprint density at radius 2 is 2.23 bits per heavy atom. The highest BCUT2D eigenvalue weighted by atomic mass is 16.5. The van der Waals surface area contributed by atoms with Crippen LogP contribution in [0.25, 0.3) is 0 Å². The van der Waals surface area contributed by atoms with Crippen LogP contribution in [0.1, 0.15) is 26.7 Å². The average Bonchev–Trinajstić information content (AvgIpc) is 2.05. The normalized spacial score (nSPS) is 15.1. The molecule has 0 aliphatic rings. The number of methoxy groups -OCH3 is 1. The molecular formula is C9H20N2O2. The highest BCUT2D eigenvalue weighted by molar-refractivity contribution is 5.77. The number of ether oxygens (including phenoxy) is 1. The van der Waals surface area contributed by atoms with E-state index >= 15 is 0 Å². The van der Waals surface area contributed by atoms with Gasteiger partial charge in [-0.05, 0) is 26.3 Å². The molecular weight excluding hydrogens is 168 g/mol. The maximum absolute atomic E-state index is 11.2. The Balaban J connectivity index is 4.02. The van der Waals surface area contributed by atoms with E-state index in [2.05, 4.69) is 5.32 Å². The summed E-state index contributed by atoms with van der Waals surface area (Å²) < 4.78 is 4.73. The molecule has 0 saturated heterocycles. The van der Waals surface area contributed by atoms with Gasteiger partial charge < -0.3 is 15.8 Å². The van der Waals surface area contributed by atoms with E-state index in [1.165, 1.54) is 7.11 Å². The molecule has 13 heavy (non-hydrogen) atoms. The van der Waals surface area contributed by atoms with Crippen molar-refractivity contribution < 1.29 is 9.53 Å². The molecule has 0 aromatic heterocycles. The lowest BCUT2D eigenvalue weighted by molar-refractivity contribution is -0.126. The molecule has 0 aliphatic heterocycles. The zero-order valence-electron chi connectivity index (χ0n) is 8.72. The number of nitrogens with one attached hydrogen (secondary N) is 1. The number of hydrogen-bond donors (Lipinski definition) is 2. The Kier molecular flexibility index (Phi) is 5.66. The van der Waals surface area contributed by atoms with E-state index in [9.17, 15) is 4.79 Å². The SMILES string of the molecule is CCC(C)(CCN)NC(=O)COC. The summed E-state index contributed by atoms with van der Waals surface area (Å²) in [4.78, 5) is 11.2. The summed E-state index contributed by atoms with van der Waals surface area (Å²) in [6, 6.07) is 0. The van der Waals surface area contributed by atoms with Crippen LogP contribution in [0.5, 0.6) is 0 Å². The summed E-state index contributed by atoms with van der Waals surface area (Å²) in [5.41, 5.74) is 5.27. The summed E-state index contributed by atoms with van der Waals surface area (Å²) in [6.07, 6.45) is 1.67. The van der Waals surface area contributed by atoms with E-state index < -0.39 is 0 Å². The Labute approximate surface area is 79.8 Å². The van der Waals surface area contributed by atoms with Gasteiger partial charge in [0.2, 0.25) is 5.91 Å². The van der Waals surface area contributed by atoms with E-state index in [4.69, 9.17) is 10.5 Å². The molecule has 1 unspecified atom stereocenters. The highest BCUT2D eigenvalue weighted by Crippen LogP contribution is 2.12. The number of nitrogens with two attached hydrogens (primary N) is 1. The van der Waals surface area contributed by atoms with Crippen molar-refractivity contribution in [2.75, 3.05) is 20.3 Å². The zero-order chi connectivity index (χ0) is 10.3. The van der Waals surface area contributed by atoms with Crippen LogP contribution in [0.15, 0.2) is 0 Å². The maximum Gasteiger partial charge on any atom is 0.246 e. The largest absolute Gasteiger partial charge is 0.375 e. The van der Waals surface area contributed by atoms with Gasteiger partial charge in [0.15, 0.2) is 0 Å². The molecule has 0 bridgehead atoms. The molecule has 1 amide bonds. The standard InChI is InChI=1S/C9H20N2O2/c1-4-9(2,5-6-10)11-8(12)7-13-3/h4-7,10H2,1-3H3,(H,11,12). The highest BCUT2D eigenvalue weighted by Gasteiger charge is 2.22. The lowest BCUT2D eigenvalue weighted by Gasteiger charge is -2.29. The van der Waals surface area contributed by atoms with Crippen molar-refractivity contribution in [1.82, 2.24) is 5.32 Å².